The van der Waals surface area contributed by atoms with Crippen LogP contribution in [0, 0.1) is 0 Å². The first-order valence-electron chi connectivity index (χ1n) is 13.7. The van der Waals surface area contributed by atoms with Gasteiger partial charge in [0, 0.05) is 45.2 Å². The van der Waals surface area contributed by atoms with Gasteiger partial charge < -0.3 is 15.0 Å². The van der Waals surface area contributed by atoms with Gasteiger partial charge in [-0.2, -0.15) is 0 Å². The highest BCUT2D eigenvalue weighted by atomic mass is 16.5. The minimum absolute atomic E-state index is 0.0299. The number of fused-ring (bicyclic) bond motifs is 2. The van der Waals surface area contributed by atoms with E-state index in [9.17, 15) is 19.2 Å². The van der Waals surface area contributed by atoms with Gasteiger partial charge in [-0.1, -0.05) is 31.2 Å². The van der Waals surface area contributed by atoms with Crippen molar-refractivity contribution in [3.05, 3.63) is 83.6 Å². The molecule has 1 N–H and O–H groups in total. The number of pyridine rings is 1. The Balaban J connectivity index is 1.38. The second-order valence-corrected chi connectivity index (χ2v) is 9.61. The normalized spacial score (nSPS) is 12.2. The van der Waals surface area contributed by atoms with Gasteiger partial charge in [0.25, 0.3) is 5.91 Å². The lowest BCUT2D eigenvalue weighted by Gasteiger charge is -2.27. The van der Waals surface area contributed by atoms with Crippen molar-refractivity contribution < 1.29 is 23.9 Å². The molecule has 0 bridgehead atoms. The Morgan fingerprint density at radius 3 is 2.39 bits per heavy atom. The lowest BCUT2D eigenvalue weighted by atomic mass is 10.1. The van der Waals surface area contributed by atoms with Crippen LogP contribution in [0.4, 0.5) is 17.2 Å². The number of nitrogens with zero attached hydrogens (tertiary/aromatic N) is 4. The van der Waals surface area contributed by atoms with Crippen molar-refractivity contribution in [1.29, 1.82) is 0 Å². The van der Waals surface area contributed by atoms with Crippen LogP contribution >= 0.6 is 0 Å². The maximum absolute atomic E-state index is 13.5. The third kappa shape index (κ3) is 6.96. The fourth-order valence-electron chi connectivity index (χ4n) is 4.77. The van der Waals surface area contributed by atoms with E-state index in [2.05, 4.69) is 22.1 Å². The molecule has 0 unspecified atom stereocenters. The van der Waals surface area contributed by atoms with Crippen LogP contribution in [-0.4, -0.2) is 71.8 Å². The van der Waals surface area contributed by atoms with E-state index in [1.807, 2.05) is 19.1 Å². The summed E-state index contributed by atoms with van der Waals surface area (Å²) in [6.07, 6.45) is 1.57. The first kappa shape index (κ1) is 29.4. The quantitative estimate of drug-likeness (QED) is 0.351. The summed E-state index contributed by atoms with van der Waals surface area (Å²) in [5, 5.41) is 2.82. The van der Waals surface area contributed by atoms with Crippen LogP contribution in [0.5, 0.6) is 0 Å². The minimum Gasteiger partial charge on any atom is -0.465 e. The van der Waals surface area contributed by atoms with Gasteiger partial charge in [-0.15, -0.1) is 0 Å². The molecule has 214 valence electrons. The third-order valence-corrected chi connectivity index (χ3v) is 7.09. The molecule has 0 radical (unpaired) electrons. The molecule has 4 rings (SSSR count). The predicted molar refractivity (Wildman–Crippen MR) is 156 cm³/mol. The van der Waals surface area contributed by atoms with Crippen LogP contribution in [0.3, 0.4) is 0 Å². The van der Waals surface area contributed by atoms with Crippen molar-refractivity contribution in [3.63, 3.8) is 0 Å². The van der Waals surface area contributed by atoms with Gasteiger partial charge in [0.15, 0.2) is 5.82 Å². The molecule has 0 saturated carbocycles. The summed E-state index contributed by atoms with van der Waals surface area (Å²) < 4.78 is 4.76. The van der Waals surface area contributed by atoms with Crippen molar-refractivity contribution >= 4 is 40.9 Å². The molecular weight excluding hydrogens is 522 g/mol. The molecular formula is C31H35N5O5. The topological polar surface area (TPSA) is 112 Å². The first-order valence-corrected chi connectivity index (χ1v) is 13.7. The number of hydrogen-bond acceptors (Lipinski definition) is 7. The highest BCUT2D eigenvalue weighted by molar-refractivity contribution is 6.17. The van der Waals surface area contributed by atoms with E-state index in [4.69, 9.17) is 4.74 Å². The summed E-state index contributed by atoms with van der Waals surface area (Å²) in [5.41, 5.74) is 2.79. The highest BCUT2D eigenvalue weighted by Crippen LogP contribution is 2.36. The molecule has 0 fully saturated rings. The van der Waals surface area contributed by atoms with Crippen LogP contribution < -0.4 is 10.2 Å². The Labute approximate surface area is 239 Å². The number of esters is 1. The Kier molecular flexibility index (Phi) is 9.81. The third-order valence-electron chi connectivity index (χ3n) is 7.09. The molecule has 1 aliphatic heterocycles. The van der Waals surface area contributed by atoms with Crippen molar-refractivity contribution in [2.45, 2.75) is 33.2 Å². The average Bonchev–Trinajstić information content (AvgIpc) is 3.13. The molecule has 3 aromatic rings. The molecule has 2 aromatic carbocycles. The molecule has 3 amide bonds. The Bertz CT molecular complexity index is 1410. The molecule has 0 spiro atoms. The maximum Gasteiger partial charge on any atom is 0.337 e. The summed E-state index contributed by atoms with van der Waals surface area (Å²) in [5.74, 6) is -0.793. The van der Waals surface area contributed by atoms with Crippen molar-refractivity contribution in [2.24, 2.45) is 0 Å². The number of carbonyl (C=O) groups is 4. The molecule has 41 heavy (non-hydrogen) atoms. The fraction of sp³-hybridized carbons (Fsp3) is 0.323. The number of likely N-dealkylation sites (N-methyl/N-ethyl adjacent to an activating group) is 2. The standard InChI is InChI=1S/C31H35N5O5/c1-4-34(21-22-12-14-23(15-13-22)31(40)41-3)19-20-35(5-2)27(37)16-17-28(38)36-26-11-7-6-9-24(26)30(39)33-25-10-8-18-32-29(25)36/h6-15,18H,4-5,16-17,19-21H2,1-3H3,(H,33,39). The van der Waals surface area contributed by atoms with E-state index < -0.39 is 0 Å². The van der Waals surface area contributed by atoms with Crippen LogP contribution in [0.25, 0.3) is 0 Å². The number of nitrogens with one attached hydrogen (secondary N) is 1. The lowest BCUT2D eigenvalue weighted by Crippen LogP contribution is -2.39. The smallest absolute Gasteiger partial charge is 0.337 e. The van der Waals surface area contributed by atoms with Crippen LogP contribution in [0.2, 0.25) is 0 Å². The predicted octanol–water partition coefficient (Wildman–Crippen LogP) is 4.25. The number of para-hydroxylation sites is 1. The van der Waals surface area contributed by atoms with Crippen molar-refractivity contribution in [2.75, 3.05) is 43.5 Å². The van der Waals surface area contributed by atoms with Gasteiger partial charge in [0.05, 0.1) is 29.6 Å². The number of carbonyl (C=O) groups excluding carboxylic acids is 4. The zero-order chi connectivity index (χ0) is 29.4. The first-order chi connectivity index (χ1) is 19.9. The van der Waals surface area contributed by atoms with E-state index in [1.165, 1.54) is 12.0 Å². The molecule has 0 atom stereocenters. The van der Waals surface area contributed by atoms with Gasteiger partial charge in [-0.05, 0) is 55.4 Å². The zero-order valence-electron chi connectivity index (χ0n) is 23.6. The Morgan fingerprint density at radius 2 is 1.68 bits per heavy atom. The molecule has 2 heterocycles. The second-order valence-electron chi connectivity index (χ2n) is 9.61. The van der Waals surface area contributed by atoms with Gasteiger partial charge >= 0.3 is 5.97 Å². The second kappa shape index (κ2) is 13.7. The number of methoxy groups -OCH3 is 1. The summed E-state index contributed by atoms with van der Waals surface area (Å²) in [6.45, 7) is 7.15. The number of aromatic nitrogens is 1. The van der Waals surface area contributed by atoms with E-state index in [0.29, 0.717) is 54.5 Å². The molecule has 10 nitrogen and oxygen atoms in total. The number of amides is 3. The van der Waals surface area contributed by atoms with E-state index in [-0.39, 0.29) is 36.5 Å². The van der Waals surface area contributed by atoms with Crippen LogP contribution in [-0.2, 0) is 20.9 Å². The maximum atomic E-state index is 13.5. The van der Waals surface area contributed by atoms with E-state index >= 15 is 0 Å². The minimum atomic E-state index is -0.370. The summed E-state index contributed by atoms with van der Waals surface area (Å²) in [7, 11) is 1.36. The summed E-state index contributed by atoms with van der Waals surface area (Å²) in [4.78, 5) is 61.0. The fourth-order valence-corrected chi connectivity index (χ4v) is 4.77. The molecule has 10 heteroatoms. The monoisotopic (exact) mass is 557 g/mol. The molecule has 0 aliphatic carbocycles. The Morgan fingerprint density at radius 1 is 0.927 bits per heavy atom. The number of ether oxygens (including phenoxy) is 1. The van der Waals surface area contributed by atoms with E-state index in [1.54, 1.807) is 59.6 Å². The average molecular weight is 558 g/mol. The summed E-state index contributed by atoms with van der Waals surface area (Å²) >= 11 is 0. The number of benzene rings is 2. The van der Waals surface area contributed by atoms with Gasteiger partial charge in [-0.3, -0.25) is 24.2 Å². The van der Waals surface area contributed by atoms with Crippen molar-refractivity contribution in [1.82, 2.24) is 14.8 Å². The molecule has 1 aromatic heterocycles. The Hall–Kier alpha value is -4.57. The number of hydrogen-bond donors (Lipinski definition) is 1. The SMILES string of the molecule is CCN(CCN(CC)C(=O)CCC(=O)N1c2ccccc2C(=O)Nc2cccnc21)Cc1ccc(C(=O)OC)cc1. The van der Waals surface area contributed by atoms with Crippen LogP contribution in [0.15, 0.2) is 66.9 Å². The lowest BCUT2D eigenvalue weighted by molar-refractivity contribution is -0.133. The van der Waals surface area contributed by atoms with Crippen LogP contribution in [0.1, 0.15) is 53.0 Å². The number of anilines is 3. The summed E-state index contributed by atoms with van der Waals surface area (Å²) in [6, 6.07) is 17.6. The van der Waals surface area contributed by atoms with Crippen molar-refractivity contribution in [3.8, 4) is 0 Å². The molecule has 1 aliphatic rings. The van der Waals surface area contributed by atoms with Gasteiger partial charge in [-0.25, -0.2) is 9.78 Å². The number of rotatable bonds is 11. The highest BCUT2D eigenvalue weighted by Gasteiger charge is 2.30. The molecule has 0 saturated heterocycles. The van der Waals surface area contributed by atoms with Gasteiger partial charge in [0.2, 0.25) is 11.8 Å². The van der Waals surface area contributed by atoms with E-state index in [0.717, 1.165) is 12.1 Å². The van der Waals surface area contributed by atoms with Gasteiger partial charge in [0.1, 0.15) is 0 Å². The zero-order valence-corrected chi connectivity index (χ0v) is 23.6. The largest absolute Gasteiger partial charge is 0.465 e.